The number of nitrogens with zero attached hydrogens (tertiary/aromatic N) is 2. The van der Waals surface area contributed by atoms with E-state index < -0.39 is 0 Å². The molecule has 2 aromatic rings. The van der Waals surface area contributed by atoms with Crippen LogP contribution in [-0.4, -0.2) is 39.2 Å². The molecule has 1 aromatic carbocycles. The Morgan fingerprint density at radius 1 is 1.35 bits per heavy atom. The highest BCUT2D eigenvalue weighted by molar-refractivity contribution is 5.77. The van der Waals surface area contributed by atoms with Crippen LogP contribution in [0.4, 0.5) is 0 Å². The summed E-state index contributed by atoms with van der Waals surface area (Å²) in [7, 11) is 0. The van der Waals surface area contributed by atoms with Crippen LogP contribution in [0.3, 0.4) is 0 Å². The molecule has 0 unspecified atom stereocenters. The van der Waals surface area contributed by atoms with E-state index in [-0.39, 0.29) is 12.2 Å². The first-order chi connectivity index (χ1) is 9.61. The van der Waals surface area contributed by atoms with Gasteiger partial charge < -0.3 is 10.1 Å². The fourth-order valence-electron chi connectivity index (χ4n) is 2.20. The van der Waals surface area contributed by atoms with Crippen LogP contribution in [0.25, 0.3) is 10.9 Å². The second-order valence-corrected chi connectivity index (χ2v) is 5.17. The third-order valence-corrected chi connectivity index (χ3v) is 3.35. The largest absolute Gasteiger partial charge is 0.396 e. The number of benzene rings is 1. The molecular weight excluding hydrogens is 254 g/mol. The van der Waals surface area contributed by atoms with Crippen molar-refractivity contribution in [3.63, 3.8) is 0 Å². The maximum absolute atomic E-state index is 12.0. The van der Waals surface area contributed by atoms with E-state index >= 15 is 0 Å². The molecule has 0 saturated carbocycles. The van der Waals surface area contributed by atoms with Gasteiger partial charge in [0.25, 0.3) is 5.56 Å². The van der Waals surface area contributed by atoms with E-state index in [2.05, 4.69) is 28.7 Å². The average molecular weight is 275 g/mol. The van der Waals surface area contributed by atoms with Gasteiger partial charge in [-0.1, -0.05) is 12.1 Å². The second-order valence-electron chi connectivity index (χ2n) is 5.17. The molecule has 20 heavy (non-hydrogen) atoms. The summed E-state index contributed by atoms with van der Waals surface area (Å²) in [6.45, 7) is 5.72. The Bertz CT molecular complexity index is 622. The first-order valence-corrected chi connectivity index (χ1v) is 6.94. The van der Waals surface area contributed by atoms with Crippen LogP contribution in [0.1, 0.15) is 26.1 Å². The molecule has 0 amide bonds. The number of aromatic nitrogens is 2. The standard InChI is InChI=1S/C15H21N3O2/c1-11(2)18(8-5-9-19)10-14-16-13-7-4-3-6-12(13)15(20)17-14/h3-4,6-7,11,19H,5,8-10H2,1-2H3,(H,16,17,20). The number of aliphatic hydroxyl groups is 1. The summed E-state index contributed by atoms with van der Waals surface area (Å²) in [4.78, 5) is 21.5. The van der Waals surface area contributed by atoms with Gasteiger partial charge in [0.05, 0.1) is 17.4 Å². The average Bonchev–Trinajstić information content (AvgIpc) is 2.43. The monoisotopic (exact) mass is 275 g/mol. The van der Waals surface area contributed by atoms with Gasteiger partial charge in [0.2, 0.25) is 0 Å². The van der Waals surface area contributed by atoms with Crippen molar-refractivity contribution in [1.29, 1.82) is 0 Å². The molecule has 0 radical (unpaired) electrons. The van der Waals surface area contributed by atoms with E-state index in [1.165, 1.54) is 0 Å². The first kappa shape index (κ1) is 14.7. The topological polar surface area (TPSA) is 69.2 Å². The molecular formula is C15H21N3O2. The van der Waals surface area contributed by atoms with Crippen molar-refractivity contribution in [2.45, 2.75) is 32.9 Å². The number of nitrogens with one attached hydrogen (secondary N) is 1. The van der Waals surface area contributed by atoms with Gasteiger partial charge in [-0.25, -0.2) is 4.98 Å². The zero-order valence-corrected chi connectivity index (χ0v) is 12.0. The molecule has 0 spiro atoms. The van der Waals surface area contributed by atoms with Crippen molar-refractivity contribution in [2.24, 2.45) is 0 Å². The quantitative estimate of drug-likeness (QED) is 0.838. The predicted octanol–water partition coefficient (Wildman–Crippen LogP) is 1.52. The summed E-state index contributed by atoms with van der Waals surface area (Å²) >= 11 is 0. The smallest absolute Gasteiger partial charge is 0.258 e. The van der Waals surface area contributed by atoms with Gasteiger partial charge in [-0.2, -0.15) is 0 Å². The lowest BCUT2D eigenvalue weighted by Crippen LogP contribution is -2.33. The Morgan fingerprint density at radius 2 is 2.10 bits per heavy atom. The van der Waals surface area contributed by atoms with Crippen molar-refractivity contribution in [2.75, 3.05) is 13.2 Å². The van der Waals surface area contributed by atoms with Gasteiger partial charge in [-0.15, -0.1) is 0 Å². The molecule has 0 aliphatic rings. The third kappa shape index (κ3) is 3.43. The lowest BCUT2D eigenvalue weighted by atomic mass is 10.2. The molecule has 0 fully saturated rings. The lowest BCUT2D eigenvalue weighted by Gasteiger charge is -2.25. The minimum absolute atomic E-state index is 0.100. The summed E-state index contributed by atoms with van der Waals surface area (Å²) in [5, 5.41) is 9.56. The summed E-state index contributed by atoms with van der Waals surface area (Å²) in [5.74, 6) is 0.667. The number of H-pyrrole nitrogens is 1. The van der Waals surface area contributed by atoms with E-state index in [1.54, 1.807) is 6.07 Å². The number of aromatic amines is 1. The first-order valence-electron chi connectivity index (χ1n) is 6.94. The molecule has 2 rings (SSSR count). The van der Waals surface area contributed by atoms with Gasteiger partial charge in [0.15, 0.2) is 0 Å². The van der Waals surface area contributed by atoms with Crippen LogP contribution in [-0.2, 0) is 6.54 Å². The molecule has 5 heteroatoms. The predicted molar refractivity (Wildman–Crippen MR) is 79.6 cm³/mol. The summed E-state index contributed by atoms with van der Waals surface area (Å²) in [5.41, 5.74) is 0.619. The van der Waals surface area contributed by atoms with Gasteiger partial charge >= 0.3 is 0 Å². The van der Waals surface area contributed by atoms with Crippen molar-refractivity contribution in [3.8, 4) is 0 Å². The normalized spacial score (nSPS) is 11.7. The van der Waals surface area contributed by atoms with Crippen molar-refractivity contribution >= 4 is 10.9 Å². The zero-order valence-electron chi connectivity index (χ0n) is 12.0. The molecule has 0 aliphatic carbocycles. The van der Waals surface area contributed by atoms with Crippen LogP contribution in [0.5, 0.6) is 0 Å². The van der Waals surface area contributed by atoms with E-state index in [4.69, 9.17) is 5.11 Å². The van der Waals surface area contributed by atoms with Crippen LogP contribution in [0.15, 0.2) is 29.1 Å². The molecule has 108 valence electrons. The number of rotatable bonds is 6. The fraction of sp³-hybridized carbons (Fsp3) is 0.467. The van der Waals surface area contributed by atoms with Crippen molar-refractivity contribution in [1.82, 2.24) is 14.9 Å². The van der Waals surface area contributed by atoms with Crippen LogP contribution >= 0.6 is 0 Å². The zero-order chi connectivity index (χ0) is 14.5. The second kappa shape index (κ2) is 6.63. The Hall–Kier alpha value is -1.72. The van der Waals surface area contributed by atoms with E-state index in [0.717, 1.165) is 18.5 Å². The molecule has 0 saturated heterocycles. The molecule has 0 bridgehead atoms. The van der Waals surface area contributed by atoms with Gasteiger partial charge in [0, 0.05) is 19.2 Å². The lowest BCUT2D eigenvalue weighted by molar-refractivity contribution is 0.181. The van der Waals surface area contributed by atoms with E-state index in [0.29, 0.717) is 23.8 Å². The Kier molecular flexibility index (Phi) is 4.87. The number of para-hydroxylation sites is 1. The van der Waals surface area contributed by atoms with Crippen LogP contribution in [0, 0.1) is 0 Å². The number of aliphatic hydroxyl groups excluding tert-OH is 1. The highest BCUT2D eigenvalue weighted by Gasteiger charge is 2.12. The molecule has 5 nitrogen and oxygen atoms in total. The van der Waals surface area contributed by atoms with Crippen LogP contribution < -0.4 is 5.56 Å². The summed E-state index contributed by atoms with van der Waals surface area (Å²) < 4.78 is 0. The van der Waals surface area contributed by atoms with Gasteiger partial charge in [-0.05, 0) is 32.4 Å². The van der Waals surface area contributed by atoms with E-state index in [1.807, 2.05) is 18.2 Å². The Balaban J connectivity index is 2.26. The fourth-order valence-corrected chi connectivity index (χ4v) is 2.20. The maximum Gasteiger partial charge on any atom is 0.258 e. The number of fused-ring (bicyclic) bond motifs is 1. The minimum Gasteiger partial charge on any atom is -0.396 e. The van der Waals surface area contributed by atoms with Gasteiger partial charge in [0.1, 0.15) is 5.82 Å². The van der Waals surface area contributed by atoms with Crippen LogP contribution in [0.2, 0.25) is 0 Å². The van der Waals surface area contributed by atoms with E-state index in [9.17, 15) is 4.79 Å². The molecule has 0 atom stereocenters. The van der Waals surface area contributed by atoms with Crippen molar-refractivity contribution < 1.29 is 5.11 Å². The number of hydrogen-bond acceptors (Lipinski definition) is 4. The highest BCUT2D eigenvalue weighted by atomic mass is 16.3. The maximum atomic E-state index is 12.0. The summed E-state index contributed by atoms with van der Waals surface area (Å²) in [6.07, 6.45) is 0.718. The third-order valence-electron chi connectivity index (χ3n) is 3.35. The van der Waals surface area contributed by atoms with Crippen molar-refractivity contribution in [3.05, 3.63) is 40.4 Å². The molecule has 1 heterocycles. The molecule has 0 aliphatic heterocycles. The molecule has 1 aromatic heterocycles. The Labute approximate surface area is 118 Å². The number of hydrogen-bond donors (Lipinski definition) is 2. The summed E-state index contributed by atoms with van der Waals surface area (Å²) in [6, 6.07) is 7.67. The van der Waals surface area contributed by atoms with Gasteiger partial charge in [-0.3, -0.25) is 9.69 Å². The Morgan fingerprint density at radius 3 is 2.80 bits per heavy atom. The molecule has 2 N–H and O–H groups in total. The minimum atomic E-state index is -0.100. The highest BCUT2D eigenvalue weighted by Crippen LogP contribution is 2.09. The SMILES string of the molecule is CC(C)N(CCCO)Cc1nc2ccccc2c(=O)[nH]1.